The van der Waals surface area contributed by atoms with Crippen molar-refractivity contribution in [2.24, 2.45) is 22.0 Å². The number of hydrogen-bond donors (Lipinski definition) is 1. The largest absolute Gasteiger partial charge is 0.374 e. The Morgan fingerprint density at radius 3 is 2.83 bits per heavy atom. The number of aliphatic imine (C=N–C) groups is 1. The van der Waals surface area contributed by atoms with Crippen molar-refractivity contribution in [2.75, 3.05) is 25.4 Å². The maximum atomic E-state index is 11.4. The van der Waals surface area contributed by atoms with Crippen molar-refractivity contribution in [1.82, 2.24) is 4.90 Å². The van der Waals surface area contributed by atoms with Crippen molar-refractivity contribution in [2.45, 2.75) is 50.7 Å². The highest BCUT2D eigenvalue weighted by atomic mass is 32.2. The van der Waals surface area contributed by atoms with E-state index < -0.39 is 10.0 Å². The monoisotopic (exact) mass is 417 g/mol. The standard InChI is InChI=1S/C21H27N3O4S/c22-29(26,27)11-13-4-5-24(9-13)19-10-28-21(19)16-7-15-6-14-2-1-3-17(14)20(23-12-25)18(15)8-16/h6,13,16,19,21H,1-5,7-11H2,(H2,22,26,27). The van der Waals surface area contributed by atoms with Crippen LogP contribution >= 0.6 is 0 Å². The molecule has 0 bridgehead atoms. The molecule has 4 atom stereocenters. The van der Waals surface area contributed by atoms with Gasteiger partial charge >= 0.3 is 0 Å². The van der Waals surface area contributed by atoms with Crippen molar-refractivity contribution in [1.29, 1.82) is 0 Å². The first kappa shape index (κ1) is 19.4. The molecule has 156 valence electrons. The van der Waals surface area contributed by atoms with Crippen LogP contribution in [0.2, 0.25) is 0 Å². The second kappa shape index (κ2) is 7.29. The lowest BCUT2D eigenvalue weighted by molar-refractivity contribution is -0.153. The van der Waals surface area contributed by atoms with Gasteiger partial charge in [0.2, 0.25) is 16.1 Å². The summed E-state index contributed by atoms with van der Waals surface area (Å²) in [5.41, 5.74) is 5.98. The van der Waals surface area contributed by atoms with E-state index in [4.69, 9.17) is 9.88 Å². The van der Waals surface area contributed by atoms with Crippen LogP contribution in [0, 0.1) is 11.8 Å². The SMILES string of the molecule is NS(=O)(=O)CC1CCN(C2COC2C2Cc3cc4c(c(N=C=O)c3C2)CCC4)C1. The number of hydrogen-bond acceptors (Lipinski definition) is 6. The van der Waals surface area contributed by atoms with E-state index in [1.165, 1.54) is 22.3 Å². The van der Waals surface area contributed by atoms with E-state index in [0.717, 1.165) is 57.3 Å². The topological polar surface area (TPSA) is 102 Å². The first-order valence-electron chi connectivity index (χ1n) is 10.5. The van der Waals surface area contributed by atoms with Gasteiger partial charge in [0.1, 0.15) is 0 Å². The Bertz CT molecular complexity index is 986. The van der Waals surface area contributed by atoms with Gasteiger partial charge in [-0.3, -0.25) is 4.90 Å². The summed E-state index contributed by atoms with van der Waals surface area (Å²) in [5.74, 6) is 0.558. The third kappa shape index (κ3) is 3.57. The zero-order chi connectivity index (χ0) is 20.2. The number of aryl methyl sites for hydroxylation is 1. The van der Waals surface area contributed by atoms with E-state index in [0.29, 0.717) is 18.6 Å². The summed E-state index contributed by atoms with van der Waals surface area (Å²) in [5, 5.41) is 5.23. The third-order valence-corrected chi connectivity index (χ3v) is 8.17. The number of primary sulfonamides is 1. The van der Waals surface area contributed by atoms with Gasteiger partial charge in [-0.1, -0.05) is 6.07 Å². The lowest BCUT2D eigenvalue weighted by Gasteiger charge is -2.45. The Labute approximate surface area is 171 Å². The van der Waals surface area contributed by atoms with Crippen LogP contribution in [-0.4, -0.2) is 57.0 Å². The number of nitrogens with two attached hydrogens (primary N) is 1. The Morgan fingerprint density at radius 1 is 1.24 bits per heavy atom. The van der Waals surface area contributed by atoms with Gasteiger partial charge in [0, 0.05) is 6.54 Å². The fourth-order valence-corrected chi connectivity index (χ4v) is 6.88. The zero-order valence-electron chi connectivity index (χ0n) is 16.5. The maximum absolute atomic E-state index is 11.4. The van der Waals surface area contributed by atoms with Crippen LogP contribution in [0.1, 0.15) is 35.1 Å². The highest BCUT2D eigenvalue weighted by Crippen LogP contribution is 2.44. The Morgan fingerprint density at radius 2 is 2.10 bits per heavy atom. The van der Waals surface area contributed by atoms with Crippen LogP contribution in [0.4, 0.5) is 5.69 Å². The smallest absolute Gasteiger partial charge is 0.240 e. The van der Waals surface area contributed by atoms with Gasteiger partial charge in [-0.25, -0.2) is 18.4 Å². The van der Waals surface area contributed by atoms with Crippen molar-refractivity contribution in [3.05, 3.63) is 28.3 Å². The zero-order valence-corrected chi connectivity index (χ0v) is 17.3. The molecule has 1 aromatic rings. The molecule has 5 rings (SSSR count). The van der Waals surface area contributed by atoms with E-state index in [-0.39, 0.29) is 17.8 Å². The number of sulfonamides is 1. The number of ether oxygens (including phenoxy) is 1. The van der Waals surface area contributed by atoms with Crippen molar-refractivity contribution in [3.8, 4) is 0 Å². The van der Waals surface area contributed by atoms with Gasteiger partial charge in [0.25, 0.3) is 0 Å². The minimum Gasteiger partial charge on any atom is -0.374 e. The van der Waals surface area contributed by atoms with Gasteiger partial charge in [0.15, 0.2) is 0 Å². The molecule has 0 saturated carbocycles. The van der Waals surface area contributed by atoms with Gasteiger partial charge in [-0.05, 0) is 79.2 Å². The van der Waals surface area contributed by atoms with Crippen LogP contribution in [0.5, 0.6) is 0 Å². The first-order chi connectivity index (χ1) is 13.9. The minimum atomic E-state index is -3.43. The quantitative estimate of drug-likeness (QED) is 0.574. The Hall–Kier alpha value is -1.57. The predicted octanol–water partition coefficient (Wildman–Crippen LogP) is 1.24. The molecule has 0 radical (unpaired) electrons. The molecule has 4 unspecified atom stereocenters. The molecule has 1 aromatic carbocycles. The summed E-state index contributed by atoms with van der Waals surface area (Å²) in [6.07, 6.45) is 7.83. The number of nitrogens with zero attached hydrogens (tertiary/aromatic N) is 2. The summed E-state index contributed by atoms with van der Waals surface area (Å²) in [6.45, 7) is 2.38. The van der Waals surface area contributed by atoms with Crippen LogP contribution in [-0.2, 0) is 45.2 Å². The van der Waals surface area contributed by atoms with Crippen LogP contribution in [0.25, 0.3) is 0 Å². The first-order valence-corrected chi connectivity index (χ1v) is 12.2. The van der Waals surface area contributed by atoms with Gasteiger partial charge in [-0.15, -0.1) is 0 Å². The van der Waals surface area contributed by atoms with Crippen molar-refractivity contribution < 1.29 is 17.9 Å². The highest BCUT2D eigenvalue weighted by Gasteiger charge is 2.46. The average molecular weight is 418 g/mol. The summed E-state index contributed by atoms with van der Waals surface area (Å²) in [4.78, 5) is 17.5. The van der Waals surface area contributed by atoms with Crippen LogP contribution in [0.3, 0.4) is 0 Å². The molecule has 2 N–H and O–H groups in total. The molecule has 0 spiro atoms. The maximum Gasteiger partial charge on any atom is 0.240 e. The molecule has 7 nitrogen and oxygen atoms in total. The second-order valence-corrected chi connectivity index (χ2v) is 10.7. The number of likely N-dealkylation sites (tertiary alicyclic amines) is 1. The molecule has 2 aliphatic carbocycles. The summed E-state index contributed by atoms with van der Waals surface area (Å²) in [6, 6.07) is 2.66. The number of isocyanates is 1. The molecular weight excluding hydrogens is 390 g/mol. The molecule has 2 saturated heterocycles. The number of benzene rings is 1. The van der Waals surface area contributed by atoms with E-state index in [1.807, 2.05) is 0 Å². The van der Waals surface area contributed by atoms with Crippen LogP contribution in [0.15, 0.2) is 11.1 Å². The summed E-state index contributed by atoms with van der Waals surface area (Å²) in [7, 11) is -3.43. The van der Waals surface area contributed by atoms with E-state index >= 15 is 0 Å². The minimum absolute atomic E-state index is 0.0647. The summed E-state index contributed by atoms with van der Waals surface area (Å²) >= 11 is 0. The summed E-state index contributed by atoms with van der Waals surface area (Å²) < 4.78 is 28.8. The molecule has 29 heavy (non-hydrogen) atoms. The van der Waals surface area contributed by atoms with Crippen LogP contribution < -0.4 is 5.14 Å². The number of rotatable bonds is 5. The van der Waals surface area contributed by atoms with Gasteiger partial charge in [0.05, 0.1) is 30.2 Å². The fraction of sp³-hybridized carbons (Fsp3) is 0.667. The second-order valence-electron chi connectivity index (χ2n) is 9.07. The lowest BCUT2D eigenvalue weighted by Crippen LogP contribution is -2.58. The molecule has 0 amide bonds. The van der Waals surface area contributed by atoms with Crippen molar-refractivity contribution >= 4 is 21.8 Å². The van der Waals surface area contributed by atoms with Gasteiger partial charge < -0.3 is 4.74 Å². The van der Waals surface area contributed by atoms with Crippen molar-refractivity contribution in [3.63, 3.8) is 0 Å². The Kier molecular flexibility index (Phi) is 4.87. The fourth-order valence-electron chi connectivity index (χ4n) is 5.95. The average Bonchev–Trinajstić information content (AvgIpc) is 3.32. The molecule has 2 aliphatic heterocycles. The number of carbonyl (C=O) groups excluding carboxylic acids is 1. The molecule has 8 heteroatoms. The third-order valence-electron chi connectivity index (χ3n) is 7.23. The van der Waals surface area contributed by atoms with E-state index in [2.05, 4.69) is 16.0 Å². The molecule has 2 heterocycles. The molecule has 0 aromatic heterocycles. The van der Waals surface area contributed by atoms with E-state index in [9.17, 15) is 13.2 Å². The molecule has 4 aliphatic rings. The lowest BCUT2D eigenvalue weighted by atomic mass is 9.89. The van der Waals surface area contributed by atoms with Gasteiger partial charge in [-0.2, -0.15) is 4.99 Å². The predicted molar refractivity (Wildman–Crippen MR) is 108 cm³/mol. The normalized spacial score (nSPS) is 31.2. The highest BCUT2D eigenvalue weighted by molar-refractivity contribution is 7.89. The number of fused-ring (bicyclic) bond motifs is 2. The molecular formula is C21H27N3O4S. The molecule has 2 fully saturated rings. The van der Waals surface area contributed by atoms with E-state index in [1.54, 1.807) is 6.08 Å². The Balaban J connectivity index is 1.30.